The second kappa shape index (κ2) is 6.77. The third kappa shape index (κ3) is 3.38. The van der Waals surface area contributed by atoms with Crippen LogP contribution in [0.25, 0.3) is 11.1 Å². The van der Waals surface area contributed by atoms with Crippen LogP contribution in [-0.4, -0.2) is 11.0 Å². The second-order valence-electron chi connectivity index (χ2n) is 6.20. The van der Waals surface area contributed by atoms with Gasteiger partial charge < -0.3 is 10.6 Å². The number of nitrogens with one attached hydrogen (secondary N) is 2. The maximum Gasteiger partial charge on any atom is 0.319 e. The van der Waals surface area contributed by atoms with Gasteiger partial charge in [-0.15, -0.1) is 0 Å². The molecule has 0 radical (unpaired) electrons. The molecule has 1 unspecified atom stereocenters. The molecule has 0 saturated carbocycles. The number of pyridine rings is 1. The number of urea groups is 1. The van der Waals surface area contributed by atoms with Crippen LogP contribution in [0.4, 0.5) is 10.5 Å². The number of hydrogen-bond donors (Lipinski definition) is 2. The van der Waals surface area contributed by atoms with Gasteiger partial charge in [-0.1, -0.05) is 36.4 Å². The van der Waals surface area contributed by atoms with E-state index < -0.39 is 0 Å². The molecule has 1 atom stereocenters. The van der Waals surface area contributed by atoms with Crippen molar-refractivity contribution in [3.8, 4) is 11.1 Å². The molecule has 1 aliphatic rings. The summed E-state index contributed by atoms with van der Waals surface area (Å²) < 4.78 is 0. The van der Waals surface area contributed by atoms with Crippen molar-refractivity contribution in [1.29, 1.82) is 0 Å². The molecule has 0 aliphatic heterocycles. The van der Waals surface area contributed by atoms with Gasteiger partial charge in [-0.2, -0.15) is 0 Å². The molecule has 0 spiro atoms. The summed E-state index contributed by atoms with van der Waals surface area (Å²) in [6.45, 7) is 0. The van der Waals surface area contributed by atoms with Crippen molar-refractivity contribution in [3.05, 3.63) is 84.2 Å². The number of aromatic nitrogens is 1. The summed E-state index contributed by atoms with van der Waals surface area (Å²) in [5.41, 5.74) is 5.54. The van der Waals surface area contributed by atoms with E-state index in [0.717, 1.165) is 29.7 Å². The van der Waals surface area contributed by atoms with Crippen LogP contribution >= 0.6 is 0 Å². The molecule has 3 aromatic rings. The zero-order valence-electron chi connectivity index (χ0n) is 13.8. The van der Waals surface area contributed by atoms with Gasteiger partial charge >= 0.3 is 6.03 Å². The summed E-state index contributed by atoms with van der Waals surface area (Å²) in [4.78, 5) is 16.3. The Hall–Kier alpha value is -3.14. The number of benzene rings is 2. The number of carbonyl (C=O) groups excluding carboxylic acids is 1. The molecule has 4 rings (SSSR count). The maximum atomic E-state index is 12.3. The van der Waals surface area contributed by atoms with E-state index in [1.54, 1.807) is 12.4 Å². The molecular weight excluding hydrogens is 310 g/mol. The van der Waals surface area contributed by atoms with Crippen LogP contribution in [0, 0.1) is 0 Å². The normalized spacial score (nSPS) is 15.4. The molecule has 0 saturated heterocycles. The molecule has 2 N–H and O–H groups in total. The Labute approximate surface area is 146 Å². The quantitative estimate of drug-likeness (QED) is 0.740. The molecule has 2 amide bonds. The summed E-state index contributed by atoms with van der Waals surface area (Å²) >= 11 is 0. The molecule has 0 fully saturated rings. The van der Waals surface area contributed by atoms with E-state index in [4.69, 9.17) is 0 Å². The molecule has 4 heteroatoms. The van der Waals surface area contributed by atoms with Crippen LogP contribution in [-0.2, 0) is 6.42 Å². The van der Waals surface area contributed by atoms with Crippen molar-refractivity contribution >= 4 is 11.7 Å². The van der Waals surface area contributed by atoms with Crippen molar-refractivity contribution in [2.24, 2.45) is 0 Å². The van der Waals surface area contributed by atoms with Gasteiger partial charge in [-0.05, 0) is 59.4 Å². The van der Waals surface area contributed by atoms with Crippen molar-refractivity contribution in [1.82, 2.24) is 10.3 Å². The average molecular weight is 329 g/mol. The smallest absolute Gasteiger partial charge is 0.319 e. The summed E-state index contributed by atoms with van der Waals surface area (Å²) in [6.07, 6.45) is 5.51. The molecule has 0 bridgehead atoms. The van der Waals surface area contributed by atoms with Crippen LogP contribution in [0.2, 0.25) is 0 Å². The van der Waals surface area contributed by atoms with E-state index >= 15 is 0 Å². The Morgan fingerprint density at radius 3 is 2.44 bits per heavy atom. The Kier molecular flexibility index (Phi) is 4.17. The Balaban J connectivity index is 1.40. The maximum absolute atomic E-state index is 12.3. The van der Waals surface area contributed by atoms with Gasteiger partial charge in [0.15, 0.2) is 0 Å². The van der Waals surface area contributed by atoms with Crippen molar-refractivity contribution in [3.63, 3.8) is 0 Å². The lowest BCUT2D eigenvalue weighted by Gasteiger charge is -2.15. The van der Waals surface area contributed by atoms with Crippen LogP contribution in [0.1, 0.15) is 23.6 Å². The lowest BCUT2D eigenvalue weighted by molar-refractivity contribution is 0.248. The van der Waals surface area contributed by atoms with Gasteiger partial charge in [0.25, 0.3) is 0 Å². The van der Waals surface area contributed by atoms with Crippen LogP contribution < -0.4 is 10.6 Å². The predicted molar refractivity (Wildman–Crippen MR) is 99.3 cm³/mol. The minimum atomic E-state index is -0.168. The predicted octanol–water partition coefficient (Wildman–Crippen LogP) is 4.56. The van der Waals surface area contributed by atoms with Crippen molar-refractivity contribution < 1.29 is 4.79 Å². The monoisotopic (exact) mass is 329 g/mol. The number of hydrogen-bond acceptors (Lipinski definition) is 2. The Bertz CT molecular complexity index is 875. The summed E-state index contributed by atoms with van der Waals surface area (Å²) in [6, 6.07) is 20.0. The van der Waals surface area contributed by atoms with Gasteiger partial charge in [0.1, 0.15) is 0 Å². The van der Waals surface area contributed by atoms with Gasteiger partial charge in [0.05, 0.1) is 6.04 Å². The van der Waals surface area contributed by atoms with Crippen LogP contribution in [0.15, 0.2) is 73.1 Å². The first kappa shape index (κ1) is 15.4. The van der Waals surface area contributed by atoms with E-state index in [1.165, 1.54) is 11.1 Å². The van der Waals surface area contributed by atoms with Crippen molar-refractivity contribution in [2.45, 2.75) is 18.9 Å². The standard InChI is InChI=1S/C21H19N3O/c25-21(24-20-10-7-17-3-1-2-4-19(17)20)23-18-8-5-15(6-9-18)16-11-13-22-14-12-16/h1-6,8-9,11-14,20H,7,10H2,(H2,23,24,25). The highest BCUT2D eigenvalue weighted by Gasteiger charge is 2.23. The number of fused-ring (bicyclic) bond motifs is 1. The number of aryl methyl sites for hydroxylation is 1. The minimum absolute atomic E-state index is 0.0901. The highest BCUT2D eigenvalue weighted by atomic mass is 16.2. The number of rotatable bonds is 3. The van der Waals surface area contributed by atoms with E-state index in [0.29, 0.717) is 0 Å². The number of nitrogens with zero attached hydrogens (tertiary/aromatic N) is 1. The molecular formula is C21H19N3O. The van der Waals surface area contributed by atoms with E-state index in [9.17, 15) is 4.79 Å². The summed E-state index contributed by atoms with van der Waals surface area (Å²) in [5, 5.41) is 5.99. The minimum Gasteiger partial charge on any atom is -0.331 e. The van der Waals surface area contributed by atoms with E-state index in [2.05, 4.69) is 27.8 Å². The van der Waals surface area contributed by atoms with Gasteiger partial charge in [-0.25, -0.2) is 4.79 Å². The molecule has 124 valence electrons. The Morgan fingerprint density at radius 2 is 1.64 bits per heavy atom. The van der Waals surface area contributed by atoms with Crippen LogP contribution in [0.3, 0.4) is 0 Å². The molecule has 1 heterocycles. The zero-order valence-corrected chi connectivity index (χ0v) is 13.8. The average Bonchev–Trinajstić information content (AvgIpc) is 3.06. The fraction of sp³-hybridized carbons (Fsp3) is 0.143. The topological polar surface area (TPSA) is 54.0 Å². The SMILES string of the molecule is O=C(Nc1ccc(-c2ccncc2)cc1)NC1CCc2ccccc21. The number of anilines is 1. The number of amides is 2. The van der Waals surface area contributed by atoms with Crippen LogP contribution in [0.5, 0.6) is 0 Å². The van der Waals surface area contributed by atoms with Crippen molar-refractivity contribution in [2.75, 3.05) is 5.32 Å². The Morgan fingerprint density at radius 1 is 0.920 bits per heavy atom. The lowest BCUT2D eigenvalue weighted by atomic mass is 10.1. The van der Waals surface area contributed by atoms with Gasteiger partial charge in [0, 0.05) is 18.1 Å². The van der Waals surface area contributed by atoms with E-state index in [-0.39, 0.29) is 12.1 Å². The summed E-state index contributed by atoms with van der Waals surface area (Å²) in [7, 11) is 0. The molecule has 1 aliphatic carbocycles. The fourth-order valence-corrected chi connectivity index (χ4v) is 3.32. The number of carbonyl (C=O) groups is 1. The molecule has 1 aromatic heterocycles. The van der Waals surface area contributed by atoms with Gasteiger partial charge in [-0.3, -0.25) is 4.98 Å². The van der Waals surface area contributed by atoms with E-state index in [1.807, 2.05) is 48.5 Å². The second-order valence-corrected chi connectivity index (χ2v) is 6.20. The third-order valence-corrected chi connectivity index (χ3v) is 4.59. The third-order valence-electron chi connectivity index (χ3n) is 4.59. The summed E-state index contributed by atoms with van der Waals surface area (Å²) in [5.74, 6) is 0. The molecule has 2 aromatic carbocycles. The first-order valence-corrected chi connectivity index (χ1v) is 8.45. The lowest BCUT2D eigenvalue weighted by Crippen LogP contribution is -2.31. The first-order chi connectivity index (χ1) is 12.3. The first-order valence-electron chi connectivity index (χ1n) is 8.45. The molecule has 25 heavy (non-hydrogen) atoms. The highest BCUT2D eigenvalue weighted by Crippen LogP contribution is 2.30. The van der Waals surface area contributed by atoms with Gasteiger partial charge in [0.2, 0.25) is 0 Å². The fourth-order valence-electron chi connectivity index (χ4n) is 3.32. The highest BCUT2D eigenvalue weighted by molar-refractivity contribution is 5.90. The largest absolute Gasteiger partial charge is 0.331 e. The zero-order chi connectivity index (χ0) is 17.1. The molecule has 4 nitrogen and oxygen atoms in total.